The van der Waals surface area contributed by atoms with Gasteiger partial charge >= 0.3 is 0 Å². The van der Waals surface area contributed by atoms with Gasteiger partial charge in [0, 0.05) is 39.3 Å². The van der Waals surface area contributed by atoms with Crippen molar-refractivity contribution in [2.45, 2.75) is 18.9 Å². The smallest absolute Gasteiger partial charge is 0.226 e. The van der Waals surface area contributed by atoms with Gasteiger partial charge in [0.25, 0.3) is 0 Å². The summed E-state index contributed by atoms with van der Waals surface area (Å²) in [5.74, 6) is 0.0468. The molecule has 3 rings (SSSR count). The Bertz CT molecular complexity index is 727. The van der Waals surface area contributed by atoms with E-state index < -0.39 is 0 Å². The number of anilines is 1. The standard InChI is InChI=1S/C20H23FN2O/c1-22(2)17-9-7-14(8-10-17)13-23(3)20(24)19-12-18(19)15-5-4-6-16(21)11-15/h4-11,18-19H,12-13H2,1-3H3/t18-,19-/m1/s1. The quantitative estimate of drug-likeness (QED) is 0.837. The first-order valence-corrected chi connectivity index (χ1v) is 8.22. The van der Waals surface area contributed by atoms with Gasteiger partial charge in [0.1, 0.15) is 5.82 Å². The van der Waals surface area contributed by atoms with Crippen LogP contribution in [0.5, 0.6) is 0 Å². The van der Waals surface area contributed by atoms with Crippen LogP contribution in [0.1, 0.15) is 23.5 Å². The van der Waals surface area contributed by atoms with Gasteiger partial charge < -0.3 is 9.80 Å². The number of amides is 1. The van der Waals surface area contributed by atoms with E-state index in [4.69, 9.17) is 0 Å². The van der Waals surface area contributed by atoms with E-state index in [2.05, 4.69) is 24.3 Å². The molecule has 0 aliphatic heterocycles. The van der Waals surface area contributed by atoms with E-state index in [0.29, 0.717) is 6.54 Å². The maximum atomic E-state index is 13.3. The molecule has 0 saturated heterocycles. The van der Waals surface area contributed by atoms with Gasteiger partial charge in [-0.2, -0.15) is 0 Å². The maximum Gasteiger partial charge on any atom is 0.226 e. The van der Waals surface area contributed by atoms with Crippen LogP contribution in [0.25, 0.3) is 0 Å². The number of rotatable bonds is 5. The van der Waals surface area contributed by atoms with Crippen molar-refractivity contribution in [1.29, 1.82) is 0 Å². The summed E-state index contributed by atoms with van der Waals surface area (Å²) in [5.41, 5.74) is 3.18. The van der Waals surface area contributed by atoms with Crippen LogP contribution in [0.15, 0.2) is 48.5 Å². The first-order chi connectivity index (χ1) is 11.5. The Morgan fingerprint density at radius 2 is 1.83 bits per heavy atom. The minimum Gasteiger partial charge on any atom is -0.378 e. The van der Waals surface area contributed by atoms with Crippen molar-refractivity contribution in [3.63, 3.8) is 0 Å². The maximum absolute atomic E-state index is 13.3. The average molecular weight is 326 g/mol. The fourth-order valence-electron chi connectivity index (χ4n) is 3.11. The molecule has 2 aromatic rings. The minimum absolute atomic E-state index is 0.0159. The van der Waals surface area contributed by atoms with E-state index in [1.807, 2.05) is 32.1 Å². The molecule has 0 radical (unpaired) electrons. The first kappa shape index (κ1) is 16.5. The van der Waals surface area contributed by atoms with Gasteiger partial charge in [-0.3, -0.25) is 4.79 Å². The summed E-state index contributed by atoms with van der Waals surface area (Å²) in [6.07, 6.45) is 0.812. The van der Waals surface area contributed by atoms with Crippen LogP contribution in [0.4, 0.5) is 10.1 Å². The van der Waals surface area contributed by atoms with Crippen molar-refractivity contribution >= 4 is 11.6 Å². The molecule has 0 aromatic heterocycles. The molecular formula is C20H23FN2O. The Hall–Kier alpha value is -2.36. The largest absolute Gasteiger partial charge is 0.378 e. The summed E-state index contributed by atoms with van der Waals surface area (Å²) < 4.78 is 13.3. The lowest BCUT2D eigenvalue weighted by Gasteiger charge is -2.18. The van der Waals surface area contributed by atoms with E-state index in [1.54, 1.807) is 11.0 Å². The zero-order valence-corrected chi connectivity index (χ0v) is 14.4. The molecule has 3 nitrogen and oxygen atoms in total. The zero-order chi connectivity index (χ0) is 17.3. The van der Waals surface area contributed by atoms with E-state index >= 15 is 0 Å². The third kappa shape index (κ3) is 3.58. The van der Waals surface area contributed by atoms with Crippen LogP contribution >= 0.6 is 0 Å². The predicted octanol–water partition coefficient (Wildman–Crippen LogP) is 3.65. The van der Waals surface area contributed by atoms with Gasteiger partial charge in [0.05, 0.1) is 0 Å². The molecule has 0 spiro atoms. The first-order valence-electron chi connectivity index (χ1n) is 8.22. The van der Waals surface area contributed by atoms with Crippen LogP contribution in [-0.2, 0) is 11.3 Å². The minimum atomic E-state index is -0.236. The highest BCUT2D eigenvalue weighted by Gasteiger charge is 2.45. The number of hydrogen-bond acceptors (Lipinski definition) is 2. The lowest BCUT2D eigenvalue weighted by Crippen LogP contribution is -2.28. The van der Waals surface area contributed by atoms with Crippen molar-refractivity contribution in [3.8, 4) is 0 Å². The van der Waals surface area contributed by atoms with Gasteiger partial charge in [0.2, 0.25) is 5.91 Å². The normalized spacial score (nSPS) is 19.0. The number of nitrogens with zero attached hydrogens (tertiary/aromatic N) is 2. The molecule has 0 N–H and O–H groups in total. The molecule has 1 aliphatic rings. The molecule has 2 aromatic carbocycles. The van der Waals surface area contributed by atoms with Crippen LogP contribution in [0.3, 0.4) is 0 Å². The lowest BCUT2D eigenvalue weighted by molar-refractivity contribution is -0.131. The Morgan fingerprint density at radius 3 is 2.46 bits per heavy atom. The number of carbonyl (C=O) groups excluding carboxylic acids is 1. The Balaban J connectivity index is 1.59. The van der Waals surface area contributed by atoms with Crippen LogP contribution < -0.4 is 4.90 Å². The Labute approximate surface area is 142 Å². The van der Waals surface area contributed by atoms with Crippen LogP contribution in [0, 0.1) is 11.7 Å². The molecular weight excluding hydrogens is 303 g/mol. The summed E-state index contributed by atoms with van der Waals surface area (Å²) in [4.78, 5) is 16.4. The fourth-order valence-corrected chi connectivity index (χ4v) is 3.11. The highest BCUT2D eigenvalue weighted by molar-refractivity contribution is 5.82. The molecule has 1 amide bonds. The van der Waals surface area contributed by atoms with E-state index in [9.17, 15) is 9.18 Å². The van der Waals surface area contributed by atoms with Crippen molar-refractivity contribution in [3.05, 3.63) is 65.5 Å². The van der Waals surface area contributed by atoms with Crippen molar-refractivity contribution < 1.29 is 9.18 Å². The van der Waals surface area contributed by atoms with Gasteiger partial charge in [-0.15, -0.1) is 0 Å². The molecule has 0 heterocycles. The summed E-state index contributed by atoms with van der Waals surface area (Å²) in [6, 6.07) is 14.8. The number of benzene rings is 2. The average Bonchev–Trinajstić information content (AvgIpc) is 3.35. The topological polar surface area (TPSA) is 23.6 Å². The molecule has 126 valence electrons. The van der Waals surface area contributed by atoms with E-state index in [1.165, 1.54) is 12.1 Å². The predicted molar refractivity (Wildman–Crippen MR) is 94.5 cm³/mol. The highest BCUT2D eigenvalue weighted by Crippen LogP contribution is 2.48. The molecule has 2 atom stereocenters. The van der Waals surface area contributed by atoms with Gasteiger partial charge in [-0.1, -0.05) is 24.3 Å². The molecule has 1 fully saturated rings. The Kier molecular flexibility index (Phi) is 4.56. The molecule has 24 heavy (non-hydrogen) atoms. The van der Waals surface area contributed by atoms with Crippen molar-refractivity contribution in [1.82, 2.24) is 4.90 Å². The SMILES string of the molecule is CN(Cc1ccc(N(C)C)cc1)C(=O)[C@@H]1C[C@@H]1c1cccc(F)c1. The lowest BCUT2D eigenvalue weighted by atomic mass is 10.1. The molecule has 1 aliphatic carbocycles. The molecule has 1 saturated carbocycles. The third-order valence-corrected chi connectivity index (χ3v) is 4.63. The zero-order valence-electron chi connectivity index (χ0n) is 14.4. The van der Waals surface area contributed by atoms with Crippen LogP contribution in [0.2, 0.25) is 0 Å². The van der Waals surface area contributed by atoms with Crippen LogP contribution in [-0.4, -0.2) is 32.0 Å². The molecule has 0 bridgehead atoms. The monoisotopic (exact) mass is 326 g/mol. The number of hydrogen-bond donors (Lipinski definition) is 0. The van der Waals surface area contributed by atoms with Gasteiger partial charge in [-0.05, 0) is 47.7 Å². The van der Waals surface area contributed by atoms with Gasteiger partial charge in [-0.25, -0.2) is 4.39 Å². The fraction of sp³-hybridized carbons (Fsp3) is 0.350. The molecule has 0 unspecified atom stereocenters. The van der Waals surface area contributed by atoms with Gasteiger partial charge in [0.15, 0.2) is 0 Å². The summed E-state index contributed by atoms with van der Waals surface area (Å²) in [6.45, 7) is 0.596. The second-order valence-corrected chi connectivity index (χ2v) is 6.76. The van der Waals surface area contributed by atoms with E-state index in [-0.39, 0.29) is 23.6 Å². The number of halogens is 1. The summed E-state index contributed by atoms with van der Waals surface area (Å²) in [5, 5.41) is 0. The highest BCUT2D eigenvalue weighted by atomic mass is 19.1. The van der Waals surface area contributed by atoms with Crippen molar-refractivity contribution in [2.75, 3.05) is 26.0 Å². The Morgan fingerprint density at radius 1 is 1.12 bits per heavy atom. The number of carbonyl (C=O) groups is 1. The van der Waals surface area contributed by atoms with Crippen molar-refractivity contribution in [2.24, 2.45) is 5.92 Å². The third-order valence-electron chi connectivity index (χ3n) is 4.63. The second-order valence-electron chi connectivity index (χ2n) is 6.76. The summed E-state index contributed by atoms with van der Waals surface area (Å²) >= 11 is 0. The van der Waals surface area contributed by atoms with E-state index in [0.717, 1.165) is 23.2 Å². The molecule has 4 heteroatoms. The summed E-state index contributed by atoms with van der Waals surface area (Å²) in [7, 11) is 5.85. The second kappa shape index (κ2) is 6.63.